The fourth-order valence-corrected chi connectivity index (χ4v) is 3.15. The van der Waals surface area contributed by atoms with E-state index in [0.29, 0.717) is 31.1 Å². The molecule has 1 heterocycles. The quantitative estimate of drug-likeness (QED) is 0.775. The summed E-state index contributed by atoms with van der Waals surface area (Å²) in [6.45, 7) is 14.1. The van der Waals surface area contributed by atoms with E-state index in [-0.39, 0.29) is 10.9 Å². The van der Waals surface area contributed by atoms with Crippen molar-refractivity contribution in [1.82, 2.24) is 0 Å². The number of hydrogen-bond donors (Lipinski definition) is 0. The van der Waals surface area contributed by atoms with Gasteiger partial charge in [0.2, 0.25) is 0 Å². The topological polar surface area (TPSA) is 21.7 Å². The molecule has 124 valence electrons. The number of rotatable bonds is 4. The van der Waals surface area contributed by atoms with Crippen LogP contribution in [0.3, 0.4) is 0 Å². The van der Waals surface area contributed by atoms with Gasteiger partial charge < -0.3 is 14.1 Å². The maximum atomic E-state index is 14.8. The summed E-state index contributed by atoms with van der Waals surface area (Å²) in [6, 6.07) is 5.58. The molecular weight excluding hydrogens is 297 g/mol. The van der Waals surface area contributed by atoms with E-state index < -0.39 is 8.32 Å². The molecule has 0 unspecified atom stereocenters. The lowest BCUT2D eigenvalue weighted by molar-refractivity contribution is 0.122. The SMILES string of the molecule is CC(C)(C)[Si](C)(C)OCc1cccc(N2CCOCC2)c1F. The number of anilines is 1. The first-order valence-electron chi connectivity index (χ1n) is 7.96. The number of benzene rings is 1. The van der Waals surface area contributed by atoms with Crippen molar-refractivity contribution < 1.29 is 13.6 Å². The molecule has 0 aromatic heterocycles. The second-order valence-corrected chi connectivity index (χ2v) is 12.2. The van der Waals surface area contributed by atoms with Crippen LogP contribution in [0, 0.1) is 5.82 Å². The Balaban J connectivity index is 2.12. The van der Waals surface area contributed by atoms with Gasteiger partial charge in [-0.1, -0.05) is 32.9 Å². The van der Waals surface area contributed by atoms with E-state index in [1.165, 1.54) is 0 Å². The summed E-state index contributed by atoms with van der Waals surface area (Å²) in [5.74, 6) is -0.150. The van der Waals surface area contributed by atoms with Gasteiger partial charge in [0.15, 0.2) is 14.1 Å². The van der Waals surface area contributed by atoms with Crippen LogP contribution in [0.15, 0.2) is 18.2 Å². The molecule has 1 fully saturated rings. The van der Waals surface area contributed by atoms with Crippen LogP contribution in [0.5, 0.6) is 0 Å². The lowest BCUT2D eigenvalue weighted by Crippen LogP contribution is -2.40. The van der Waals surface area contributed by atoms with Crippen molar-refractivity contribution in [2.24, 2.45) is 0 Å². The van der Waals surface area contributed by atoms with E-state index in [4.69, 9.17) is 9.16 Å². The highest BCUT2D eigenvalue weighted by Crippen LogP contribution is 2.37. The average Bonchev–Trinajstić information content (AvgIpc) is 2.46. The molecule has 1 saturated heterocycles. The Kier molecular flexibility index (Phi) is 5.30. The fourth-order valence-electron chi connectivity index (χ4n) is 2.20. The Bertz CT molecular complexity index is 508. The number of nitrogens with zero attached hydrogens (tertiary/aromatic N) is 1. The third kappa shape index (κ3) is 3.89. The van der Waals surface area contributed by atoms with E-state index in [9.17, 15) is 4.39 Å². The molecule has 5 heteroatoms. The number of morpholine rings is 1. The molecule has 0 radical (unpaired) electrons. The Morgan fingerprint density at radius 1 is 1.23 bits per heavy atom. The first kappa shape index (κ1) is 17.4. The molecule has 3 nitrogen and oxygen atoms in total. The highest BCUT2D eigenvalue weighted by atomic mass is 28.4. The van der Waals surface area contributed by atoms with Gasteiger partial charge in [-0.05, 0) is 24.2 Å². The van der Waals surface area contributed by atoms with Crippen molar-refractivity contribution in [1.29, 1.82) is 0 Å². The van der Waals surface area contributed by atoms with E-state index in [0.717, 1.165) is 13.1 Å². The zero-order valence-corrected chi connectivity index (χ0v) is 15.4. The second kappa shape index (κ2) is 6.68. The minimum atomic E-state index is -1.87. The molecule has 2 rings (SSSR count). The van der Waals surface area contributed by atoms with Gasteiger partial charge in [0.05, 0.1) is 25.5 Å². The van der Waals surface area contributed by atoms with Gasteiger partial charge in [-0.3, -0.25) is 0 Å². The minimum absolute atomic E-state index is 0.130. The van der Waals surface area contributed by atoms with Gasteiger partial charge in [-0.25, -0.2) is 4.39 Å². The van der Waals surface area contributed by atoms with E-state index in [1.807, 2.05) is 18.2 Å². The van der Waals surface area contributed by atoms with Crippen molar-refractivity contribution in [2.75, 3.05) is 31.2 Å². The first-order chi connectivity index (χ1) is 10.2. The van der Waals surface area contributed by atoms with Crippen molar-refractivity contribution >= 4 is 14.0 Å². The summed E-state index contributed by atoms with van der Waals surface area (Å²) in [5.41, 5.74) is 1.31. The molecule has 1 aromatic rings. The lowest BCUT2D eigenvalue weighted by atomic mass is 10.1. The second-order valence-electron chi connectivity index (χ2n) is 7.40. The Morgan fingerprint density at radius 3 is 2.45 bits per heavy atom. The predicted molar refractivity (Wildman–Crippen MR) is 91.4 cm³/mol. The van der Waals surface area contributed by atoms with Crippen LogP contribution in [0.1, 0.15) is 26.3 Å². The Morgan fingerprint density at radius 2 is 1.86 bits per heavy atom. The largest absolute Gasteiger partial charge is 0.412 e. The van der Waals surface area contributed by atoms with Crippen molar-refractivity contribution in [3.8, 4) is 0 Å². The molecule has 0 bridgehead atoms. The Hall–Kier alpha value is -0.913. The zero-order chi connectivity index (χ0) is 16.4. The highest BCUT2D eigenvalue weighted by molar-refractivity contribution is 6.74. The number of hydrogen-bond acceptors (Lipinski definition) is 3. The van der Waals surface area contributed by atoms with Gasteiger partial charge in [-0.15, -0.1) is 0 Å². The highest BCUT2D eigenvalue weighted by Gasteiger charge is 2.37. The summed E-state index contributed by atoms with van der Waals surface area (Å²) < 4.78 is 26.3. The molecule has 0 saturated carbocycles. The molecule has 1 aliphatic heterocycles. The van der Waals surface area contributed by atoms with Crippen LogP contribution in [0.4, 0.5) is 10.1 Å². The molecule has 0 spiro atoms. The molecule has 0 amide bonds. The Labute approximate surface area is 134 Å². The third-order valence-corrected chi connectivity index (χ3v) is 9.28. The van der Waals surface area contributed by atoms with E-state index >= 15 is 0 Å². The van der Waals surface area contributed by atoms with Crippen molar-refractivity contribution in [3.05, 3.63) is 29.6 Å². The van der Waals surface area contributed by atoms with Crippen LogP contribution in [-0.4, -0.2) is 34.6 Å². The maximum absolute atomic E-state index is 14.8. The molecule has 1 aromatic carbocycles. The van der Waals surface area contributed by atoms with Crippen molar-refractivity contribution in [2.45, 2.75) is 45.5 Å². The monoisotopic (exact) mass is 325 g/mol. The van der Waals surface area contributed by atoms with Crippen LogP contribution in [0.25, 0.3) is 0 Å². The summed E-state index contributed by atoms with van der Waals surface area (Å²) >= 11 is 0. The number of ether oxygens (including phenoxy) is 1. The molecular formula is C17H28FNO2Si. The van der Waals surface area contributed by atoms with Gasteiger partial charge in [0.1, 0.15) is 0 Å². The van der Waals surface area contributed by atoms with Gasteiger partial charge in [0, 0.05) is 18.7 Å². The zero-order valence-electron chi connectivity index (χ0n) is 14.4. The van der Waals surface area contributed by atoms with E-state index in [2.05, 4.69) is 38.8 Å². The first-order valence-corrected chi connectivity index (χ1v) is 10.9. The standard InChI is InChI=1S/C17H28FNO2Si/c1-17(2,3)22(4,5)21-13-14-7-6-8-15(16(14)18)19-9-11-20-12-10-19/h6-8H,9-13H2,1-5H3. The number of halogens is 1. The average molecular weight is 326 g/mol. The third-order valence-electron chi connectivity index (χ3n) is 4.80. The maximum Gasteiger partial charge on any atom is 0.192 e. The predicted octanol–water partition coefficient (Wildman–Crippen LogP) is 4.18. The van der Waals surface area contributed by atoms with Crippen LogP contribution < -0.4 is 4.90 Å². The van der Waals surface area contributed by atoms with Gasteiger partial charge in [-0.2, -0.15) is 0 Å². The minimum Gasteiger partial charge on any atom is -0.412 e. The molecule has 1 aliphatic rings. The van der Waals surface area contributed by atoms with Gasteiger partial charge >= 0.3 is 0 Å². The summed E-state index contributed by atoms with van der Waals surface area (Å²) in [4.78, 5) is 2.05. The molecule has 0 aliphatic carbocycles. The summed E-state index contributed by atoms with van der Waals surface area (Å²) in [5, 5.41) is 0.130. The molecule has 22 heavy (non-hydrogen) atoms. The molecule has 0 N–H and O–H groups in total. The van der Waals surface area contributed by atoms with E-state index in [1.54, 1.807) is 0 Å². The normalized spacial score (nSPS) is 16.9. The van der Waals surface area contributed by atoms with Crippen LogP contribution >= 0.6 is 0 Å². The summed E-state index contributed by atoms with van der Waals surface area (Å²) in [7, 11) is -1.87. The summed E-state index contributed by atoms with van der Waals surface area (Å²) in [6.07, 6.45) is 0. The lowest BCUT2D eigenvalue weighted by Gasteiger charge is -2.36. The van der Waals surface area contributed by atoms with Gasteiger partial charge in [0.25, 0.3) is 0 Å². The van der Waals surface area contributed by atoms with Crippen molar-refractivity contribution in [3.63, 3.8) is 0 Å². The van der Waals surface area contributed by atoms with Crippen LogP contribution in [-0.2, 0) is 15.8 Å². The molecule has 0 atom stereocenters. The smallest absolute Gasteiger partial charge is 0.192 e. The van der Waals surface area contributed by atoms with Crippen LogP contribution in [0.2, 0.25) is 18.1 Å². The fraction of sp³-hybridized carbons (Fsp3) is 0.647.